The molecule has 0 heterocycles. The van der Waals surface area contributed by atoms with Crippen molar-refractivity contribution in [1.82, 2.24) is 10.6 Å². The van der Waals surface area contributed by atoms with Crippen LogP contribution in [0.5, 0.6) is 11.5 Å². The lowest BCUT2D eigenvalue weighted by molar-refractivity contribution is -0.140. The number of rotatable bonds is 8. The monoisotopic (exact) mass is 451 g/mol. The van der Waals surface area contributed by atoms with E-state index in [1.54, 1.807) is 14.2 Å². The molecule has 0 aliphatic carbocycles. The van der Waals surface area contributed by atoms with Crippen molar-refractivity contribution in [3.63, 3.8) is 0 Å². The molecule has 0 aliphatic heterocycles. The minimum absolute atomic E-state index is 0. The quantitative estimate of drug-likeness (QED) is 0.272. The molecule has 0 aromatic heterocycles. The highest BCUT2D eigenvalue weighted by molar-refractivity contribution is 14.0. The second kappa shape index (κ2) is 12.7. The van der Waals surface area contributed by atoms with E-state index in [9.17, 15) is 4.79 Å². The largest absolute Gasteiger partial charge is 0.493 e. The minimum atomic E-state index is -0.256. The maximum Gasteiger partial charge on any atom is 0.307 e. The number of carbonyl (C=O) groups excluding carboxylic acids is 1. The summed E-state index contributed by atoms with van der Waals surface area (Å²) >= 11 is 0. The third-order valence-electron chi connectivity index (χ3n) is 3.06. The molecule has 136 valence electrons. The van der Waals surface area contributed by atoms with Gasteiger partial charge in [-0.1, -0.05) is 6.07 Å². The summed E-state index contributed by atoms with van der Waals surface area (Å²) in [6, 6.07) is 5.67. The van der Waals surface area contributed by atoms with Gasteiger partial charge in [0.05, 0.1) is 34.3 Å². The summed E-state index contributed by atoms with van der Waals surface area (Å²) in [5.41, 5.74) is 0.993. The van der Waals surface area contributed by atoms with Gasteiger partial charge in [-0.25, -0.2) is 4.99 Å². The van der Waals surface area contributed by atoms with Crippen LogP contribution < -0.4 is 20.1 Å². The number of hydrogen-bond acceptors (Lipinski definition) is 5. The second-order valence-corrected chi connectivity index (χ2v) is 4.64. The molecular formula is C16H26IN3O4. The van der Waals surface area contributed by atoms with Gasteiger partial charge in [0.2, 0.25) is 0 Å². The Morgan fingerprint density at radius 2 is 1.83 bits per heavy atom. The summed E-state index contributed by atoms with van der Waals surface area (Å²) in [5.74, 6) is 1.74. The molecule has 0 fully saturated rings. The fourth-order valence-corrected chi connectivity index (χ4v) is 1.88. The SMILES string of the molecule is CCNC(=NCc1ccc(OC)c(OC)c1)NCCC(=O)OC.I. The zero-order valence-corrected chi connectivity index (χ0v) is 16.9. The van der Waals surface area contributed by atoms with E-state index in [4.69, 9.17) is 9.47 Å². The molecular weight excluding hydrogens is 425 g/mol. The van der Waals surface area contributed by atoms with Crippen LogP contribution in [0.1, 0.15) is 18.9 Å². The van der Waals surface area contributed by atoms with Gasteiger partial charge >= 0.3 is 5.97 Å². The molecule has 0 unspecified atom stereocenters. The van der Waals surface area contributed by atoms with Gasteiger partial charge in [-0.15, -0.1) is 24.0 Å². The first-order valence-electron chi connectivity index (χ1n) is 7.44. The van der Waals surface area contributed by atoms with Gasteiger partial charge in [0, 0.05) is 13.1 Å². The van der Waals surface area contributed by atoms with Crippen molar-refractivity contribution in [1.29, 1.82) is 0 Å². The number of nitrogens with zero attached hydrogens (tertiary/aromatic N) is 1. The van der Waals surface area contributed by atoms with Gasteiger partial charge < -0.3 is 24.8 Å². The van der Waals surface area contributed by atoms with Gasteiger partial charge in [-0.2, -0.15) is 0 Å². The summed E-state index contributed by atoms with van der Waals surface area (Å²) in [6.07, 6.45) is 0.289. The molecule has 2 N–H and O–H groups in total. The first kappa shape index (κ1) is 22.3. The molecule has 0 saturated heterocycles. The number of nitrogens with one attached hydrogen (secondary N) is 2. The van der Waals surface area contributed by atoms with E-state index in [-0.39, 0.29) is 36.4 Å². The van der Waals surface area contributed by atoms with E-state index in [2.05, 4.69) is 20.4 Å². The van der Waals surface area contributed by atoms with Crippen LogP contribution >= 0.6 is 24.0 Å². The molecule has 0 aliphatic rings. The number of guanidine groups is 1. The first-order valence-corrected chi connectivity index (χ1v) is 7.44. The standard InChI is InChI=1S/C16H25N3O4.HI/c1-5-17-16(18-9-8-15(20)23-4)19-11-12-6-7-13(21-2)14(10-12)22-3;/h6-7,10H,5,8-9,11H2,1-4H3,(H2,17,18,19);1H. The number of esters is 1. The highest BCUT2D eigenvalue weighted by atomic mass is 127. The Kier molecular flexibility index (Phi) is 11.8. The van der Waals surface area contributed by atoms with Crippen LogP contribution in [0.4, 0.5) is 0 Å². The maximum atomic E-state index is 11.1. The fourth-order valence-electron chi connectivity index (χ4n) is 1.88. The summed E-state index contributed by atoms with van der Waals surface area (Å²) in [4.78, 5) is 15.6. The highest BCUT2D eigenvalue weighted by Crippen LogP contribution is 2.27. The maximum absolute atomic E-state index is 11.1. The smallest absolute Gasteiger partial charge is 0.307 e. The van der Waals surface area contributed by atoms with Gasteiger partial charge in [-0.05, 0) is 24.6 Å². The molecule has 1 rings (SSSR count). The van der Waals surface area contributed by atoms with Gasteiger partial charge in [0.1, 0.15) is 0 Å². The number of hydrogen-bond donors (Lipinski definition) is 2. The second-order valence-electron chi connectivity index (χ2n) is 4.64. The van der Waals surface area contributed by atoms with Crippen molar-refractivity contribution >= 4 is 35.9 Å². The van der Waals surface area contributed by atoms with Crippen LogP contribution in [0.25, 0.3) is 0 Å². The van der Waals surface area contributed by atoms with Crippen LogP contribution in [-0.2, 0) is 16.1 Å². The van der Waals surface area contributed by atoms with Crippen molar-refractivity contribution < 1.29 is 19.0 Å². The third kappa shape index (κ3) is 7.71. The van der Waals surface area contributed by atoms with Crippen molar-refractivity contribution in [2.75, 3.05) is 34.4 Å². The van der Waals surface area contributed by atoms with Crippen LogP contribution in [-0.4, -0.2) is 46.3 Å². The summed E-state index contributed by atoms with van der Waals surface area (Å²) in [5, 5.41) is 6.22. The Hall–Kier alpha value is -1.71. The summed E-state index contributed by atoms with van der Waals surface area (Å²) < 4.78 is 15.1. The average molecular weight is 451 g/mol. The highest BCUT2D eigenvalue weighted by Gasteiger charge is 2.05. The first-order chi connectivity index (χ1) is 11.1. The minimum Gasteiger partial charge on any atom is -0.493 e. The molecule has 0 saturated carbocycles. The summed E-state index contributed by atoms with van der Waals surface area (Å²) in [6.45, 7) is 3.66. The Labute approximate surface area is 160 Å². The normalized spacial score (nSPS) is 10.4. The Morgan fingerprint density at radius 1 is 1.12 bits per heavy atom. The van der Waals surface area contributed by atoms with Gasteiger partial charge in [-0.3, -0.25) is 4.79 Å². The average Bonchev–Trinajstić information content (AvgIpc) is 2.58. The van der Waals surface area contributed by atoms with E-state index in [1.165, 1.54) is 7.11 Å². The fraction of sp³-hybridized carbons (Fsp3) is 0.500. The molecule has 1 aromatic carbocycles. The number of methoxy groups -OCH3 is 3. The zero-order chi connectivity index (χ0) is 17.1. The van der Waals surface area contributed by atoms with Crippen molar-refractivity contribution in [2.24, 2.45) is 4.99 Å². The Balaban J connectivity index is 0.00000529. The van der Waals surface area contributed by atoms with E-state index in [0.29, 0.717) is 30.5 Å². The molecule has 0 amide bonds. The lowest BCUT2D eigenvalue weighted by atomic mass is 10.2. The van der Waals surface area contributed by atoms with E-state index >= 15 is 0 Å². The number of halogens is 1. The molecule has 0 spiro atoms. The topological polar surface area (TPSA) is 81.2 Å². The Bertz CT molecular complexity index is 538. The number of carbonyl (C=O) groups is 1. The van der Waals surface area contributed by atoms with Crippen LogP contribution in [0.15, 0.2) is 23.2 Å². The molecule has 7 nitrogen and oxygen atoms in total. The van der Waals surface area contributed by atoms with Crippen molar-refractivity contribution in [2.45, 2.75) is 19.9 Å². The van der Waals surface area contributed by atoms with Crippen LogP contribution in [0.3, 0.4) is 0 Å². The predicted molar refractivity (Wildman–Crippen MR) is 104 cm³/mol. The summed E-state index contributed by atoms with van der Waals surface area (Å²) in [7, 11) is 4.58. The molecule has 0 bridgehead atoms. The molecule has 1 aromatic rings. The molecule has 8 heteroatoms. The van der Waals surface area contributed by atoms with Crippen LogP contribution in [0.2, 0.25) is 0 Å². The van der Waals surface area contributed by atoms with E-state index < -0.39 is 0 Å². The zero-order valence-electron chi connectivity index (χ0n) is 14.5. The number of ether oxygens (including phenoxy) is 3. The lowest BCUT2D eigenvalue weighted by Gasteiger charge is -2.11. The van der Waals surface area contributed by atoms with Crippen molar-refractivity contribution in [3.8, 4) is 11.5 Å². The van der Waals surface area contributed by atoms with Crippen LogP contribution in [0, 0.1) is 0 Å². The lowest BCUT2D eigenvalue weighted by Crippen LogP contribution is -2.38. The van der Waals surface area contributed by atoms with Gasteiger partial charge in [0.25, 0.3) is 0 Å². The number of benzene rings is 1. The third-order valence-corrected chi connectivity index (χ3v) is 3.06. The Morgan fingerprint density at radius 3 is 2.42 bits per heavy atom. The molecule has 24 heavy (non-hydrogen) atoms. The van der Waals surface area contributed by atoms with Crippen molar-refractivity contribution in [3.05, 3.63) is 23.8 Å². The molecule has 0 radical (unpaired) electrons. The number of aliphatic imine (C=N–C) groups is 1. The van der Waals surface area contributed by atoms with Gasteiger partial charge in [0.15, 0.2) is 17.5 Å². The molecule has 0 atom stereocenters. The van der Waals surface area contributed by atoms with E-state index in [0.717, 1.165) is 12.1 Å². The predicted octanol–water partition coefficient (Wildman–Crippen LogP) is 1.94. The van der Waals surface area contributed by atoms with E-state index in [1.807, 2.05) is 25.1 Å².